The number of alkyl halides is 3. The SMILES string of the molecule is COC(=O)C(NC1=C(C(=O)C(F)(F)F)C2(CCCC2)C1)C(C)C. The molecule has 0 radical (unpaired) electrons. The fourth-order valence-electron chi connectivity index (χ4n) is 3.66. The summed E-state index contributed by atoms with van der Waals surface area (Å²) in [6.45, 7) is 3.54. The van der Waals surface area contributed by atoms with Crippen molar-refractivity contribution in [1.29, 1.82) is 0 Å². The molecule has 0 aromatic rings. The molecule has 0 heterocycles. The molecular weight excluding hydrogens is 311 g/mol. The van der Waals surface area contributed by atoms with Gasteiger partial charge in [0.2, 0.25) is 0 Å². The van der Waals surface area contributed by atoms with Crippen molar-refractivity contribution in [3.63, 3.8) is 0 Å². The maximum atomic E-state index is 12.9. The Labute approximate surface area is 133 Å². The van der Waals surface area contributed by atoms with Crippen LogP contribution in [0.2, 0.25) is 0 Å². The molecular formula is C16H22F3NO3. The lowest BCUT2D eigenvalue weighted by molar-refractivity contribution is -0.168. The molecule has 1 saturated carbocycles. The molecule has 1 spiro atoms. The molecule has 0 bridgehead atoms. The molecule has 7 heteroatoms. The van der Waals surface area contributed by atoms with Crippen molar-refractivity contribution >= 4 is 11.8 Å². The molecule has 1 unspecified atom stereocenters. The molecule has 4 nitrogen and oxygen atoms in total. The number of Topliss-reactive ketones (excluding diaryl/α,β-unsaturated/α-hetero) is 1. The minimum absolute atomic E-state index is 0.169. The highest BCUT2D eigenvalue weighted by Crippen LogP contribution is 2.57. The molecule has 2 aliphatic rings. The van der Waals surface area contributed by atoms with Crippen molar-refractivity contribution in [1.82, 2.24) is 5.32 Å². The first-order valence-electron chi connectivity index (χ1n) is 7.82. The third-order valence-corrected chi connectivity index (χ3v) is 4.84. The van der Waals surface area contributed by atoms with Gasteiger partial charge in [-0.25, -0.2) is 4.79 Å². The number of hydrogen-bond acceptors (Lipinski definition) is 4. The number of allylic oxidation sites excluding steroid dienone is 2. The number of carbonyl (C=O) groups excluding carboxylic acids is 2. The van der Waals surface area contributed by atoms with Gasteiger partial charge in [-0.15, -0.1) is 0 Å². The standard InChI is InChI=1S/C16H22F3NO3/c1-9(2)12(14(22)23-3)20-10-8-15(6-4-5-7-15)11(10)13(21)16(17,18)19/h9,12,20H,4-8H2,1-3H3. The molecule has 0 amide bonds. The van der Waals surface area contributed by atoms with E-state index in [2.05, 4.69) is 5.32 Å². The van der Waals surface area contributed by atoms with E-state index in [1.807, 2.05) is 0 Å². The predicted octanol–water partition coefficient (Wildman–Crippen LogP) is 3.12. The van der Waals surface area contributed by atoms with Gasteiger partial charge in [-0.3, -0.25) is 4.79 Å². The number of esters is 1. The van der Waals surface area contributed by atoms with Gasteiger partial charge in [0.15, 0.2) is 0 Å². The fraction of sp³-hybridized carbons (Fsp3) is 0.750. The zero-order valence-corrected chi connectivity index (χ0v) is 13.5. The number of methoxy groups -OCH3 is 1. The van der Waals surface area contributed by atoms with Crippen molar-refractivity contribution < 1.29 is 27.5 Å². The Hall–Kier alpha value is -1.53. The van der Waals surface area contributed by atoms with E-state index in [4.69, 9.17) is 4.74 Å². The van der Waals surface area contributed by atoms with Gasteiger partial charge in [-0.2, -0.15) is 13.2 Å². The van der Waals surface area contributed by atoms with Crippen LogP contribution in [0.1, 0.15) is 46.0 Å². The van der Waals surface area contributed by atoms with Crippen LogP contribution in [0.3, 0.4) is 0 Å². The maximum absolute atomic E-state index is 12.9. The topological polar surface area (TPSA) is 55.4 Å². The van der Waals surface area contributed by atoms with Crippen molar-refractivity contribution in [2.24, 2.45) is 11.3 Å². The van der Waals surface area contributed by atoms with E-state index in [9.17, 15) is 22.8 Å². The van der Waals surface area contributed by atoms with Crippen LogP contribution in [0.25, 0.3) is 0 Å². The van der Waals surface area contributed by atoms with Crippen molar-refractivity contribution in [3.05, 3.63) is 11.3 Å². The zero-order valence-electron chi connectivity index (χ0n) is 13.5. The Morgan fingerprint density at radius 2 is 1.78 bits per heavy atom. The Morgan fingerprint density at radius 3 is 2.22 bits per heavy atom. The Morgan fingerprint density at radius 1 is 1.22 bits per heavy atom. The van der Waals surface area contributed by atoms with Gasteiger partial charge in [-0.1, -0.05) is 26.7 Å². The Kier molecular flexibility index (Phi) is 4.78. The zero-order chi connectivity index (χ0) is 17.4. The van der Waals surface area contributed by atoms with Crippen LogP contribution in [0.15, 0.2) is 11.3 Å². The number of hydrogen-bond donors (Lipinski definition) is 1. The predicted molar refractivity (Wildman–Crippen MR) is 77.4 cm³/mol. The summed E-state index contributed by atoms with van der Waals surface area (Å²) in [7, 11) is 1.23. The van der Waals surface area contributed by atoms with Gasteiger partial charge in [0.1, 0.15) is 6.04 Å². The highest BCUT2D eigenvalue weighted by atomic mass is 19.4. The highest BCUT2D eigenvalue weighted by Gasteiger charge is 2.56. The maximum Gasteiger partial charge on any atom is 0.454 e. The van der Waals surface area contributed by atoms with Gasteiger partial charge in [0.25, 0.3) is 5.78 Å². The van der Waals surface area contributed by atoms with E-state index in [1.54, 1.807) is 13.8 Å². The number of ether oxygens (including phenoxy) is 1. The van der Waals surface area contributed by atoms with Crippen LogP contribution in [0, 0.1) is 11.3 Å². The van der Waals surface area contributed by atoms with Crippen molar-refractivity contribution in [3.8, 4) is 0 Å². The van der Waals surface area contributed by atoms with Crippen LogP contribution in [0.5, 0.6) is 0 Å². The van der Waals surface area contributed by atoms with Gasteiger partial charge >= 0.3 is 12.1 Å². The monoisotopic (exact) mass is 333 g/mol. The van der Waals surface area contributed by atoms with E-state index in [0.717, 1.165) is 12.8 Å². The second-order valence-electron chi connectivity index (χ2n) is 6.73. The average molecular weight is 333 g/mol. The Bertz CT molecular complexity index is 531. The summed E-state index contributed by atoms with van der Waals surface area (Å²) >= 11 is 0. The molecule has 0 aromatic heterocycles. The van der Waals surface area contributed by atoms with Gasteiger partial charge < -0.3 is 10.1 Å². The summed E-state index contributed by atoms with van der Waals surface area (Å²) in [6, 6.07) is -0.759. The lowest BCUT2D eigenvalue weighted by Gasteiger charge is -2.44. The van der Waals surface area contributed by atoms with Crippen molar-refractivity contribution in [2.75, 3.05) is 7.11 Å². The first kappa shape index (κ1) is 17.8. The highest BCUT2D eigenvalue weighted by molar-refractivity contribution is 6.03. The first-order valence-corrected chi connectivity index (χ1v) is 7.82. The van der Waals surface area contributed by atoms with Crippen LogP contribution >= 0.6 is 0 Å². The second-order valence-corrected chi connectivity index (χ2v) is 6.73. The summed E-state index contributed by atoms with van der Waals surface area (Å²) in [4.78, 5) is 23.7. The van der Waals surface area contributed by atoms with E-state index >= 15 is 0 Å². The molecule has 2 rings (SSSR count). The lowest BCUT2D eigenvalue weighted by Crippen LogP contribution is -2.50. The van der Waals surface area contributed by atoms with Gasteiger partial charge in [0, 0.05) is 16.7 Å². The number of nitrogens with one attached hydrogen (secondary N) is 1. The second kappa shape index (κ2) is 6.17. The molecule has 1 fully saturated rings. The molecule has 2 aliphatic carbocycles. The largest absolute Gasteiger partial charge is 0.467 e. The first-order chi connectivity index (χ1) is 10.6. The average Bonchev–Trinajstić information content (AvgIpc) is 2.92. The summed E-state index contributed by atoms with van der Waals surface area (Å²) in [5, 5.41) is 2.84. The smallest absolute Gasteiger partial charge is 0.454 e. The normalized spacial score (nSPS) is 21.3. The minimum atomic E-state index is -4.89. The molecule has 23 heavy (non-hydrogen) atoms. The van der Waals surface area contributed by atoms with Gasteiger partial charge in [-0.05, 0) is 25.2 Å². The minimum Gasteiger partial charge on any atom is -0.467 e. The van der Waals surface area contributed by atoms with E-state index < -0.39 is 29.4 Å². The molecule has 1 atom stereocenters. The molecule has 0 saturated heterocycles. The molecule has 130 valence electrons. The number of ketones is 1. The third-order valence-electron chi connectivity index (χ3n) is 4.84. The quantitative estimate of drug-likeness (QED) is 0.786. The summed E-state index contributed by atoms with van der Waals surface area (Å²) < 4.78 is 43.5. The summed E-state index contributed by atoms with van der Waals surface area (Å²) in [6.07, 6.45) is -1.65. The fourth-order valence-corrected chi connectivity index (χ4v) is 3.66. The number of halogens is 3. The lowest BCUT2D eigenvalue weighted by atomic mass is 9.63. The summed E-state index contributed by atoms with van der Waals surface area (Å²) in [5.41, 5.74) is -0.581. The van der Waals surface area contributed by atoms with Crippen LogP contribution in [-0.2, 0) is 14.3 Å². The number of carbonyl (C=O) groups is 2. The van der Waals surface area contributed by atoms with E-state index in [-0.39, 0.29) is 17.2 Å². The third kappa shape index (κ3) is 3.23. The number of rotatable bonds is 5. The summed E-state index contributed by atoms with van der Waals surface area (Å²) in [5.74, 6) is -2.49. The van der Waals surface area contributed by atoms with Crippen LogP contribution in [-0.4, -0.2) is 31.1 Å². The molecule has 1 N–H and O–H groups in total. The van der Waals surface area contributed by atoms with Crippen LogP contribution < -0.4 is 5.32 Å². The van der Waals surface area contributed by atoms with E-state index in [1.165, 1.54) is 7.11 Å². The van der Waals surface area contributed by atoms with Crippen LogP contribution in [0.4, 0.5) is 13.2 Å². The molecule has 0 aromatic carbocycles. The van der Waals surface area contributed by atoms with E-state index in [0.29, 0.717) is 19.3 Å². The van der Waals surface area contributed by atoms with Gasteiger partial charge in [0.05, 0.1) is 7.11 Å². The Balaban J connectivity index is 2.33. The molecule has 0 aliphatic heterocycles. The van der Waals surface area contributed by atoms with Crippen molar-refractivity contribution in [2.45, 2.75) is 58.2 Å².